The molecule has 32 heavy (non-hydrogen) atoms. The topological polar surface area (TPSA) is 52.6 Å². The summed E-state index contributed by atoms with van der Waals surface area (Å²) in [5.74, 6) is 1.77. The first-order valence-electron chi connectivity index (χ1n) is 13.6. The molecule has 4 nitrogen and oxygen atoms in total. The fourth-order valence-electron chi connectivity index (χ4n) is 3.49. The van der Waals surface area contributed by atoms with E-state index in [4.69, 9.17) is 9.47 Å². The van der Waals surface area contributed by atoms with E-state index in [2.05, 4.69) is 27.7 Å². The molecule has 0 aromatic carbocycles. The highest BCUT2D eigenvalue weighted by Crippen LogP contribution is 2.12. The van der Waals surface area contributed by atoms with Gasteiger partial charge in [-0.15, -0.1) is 0 Å². The fraction of sp³-hybridized carbons (Fsp3) is 0.929. The van der Waals surface area contributed by atoms with Crippen LogP contribution in [0, 0.1) is 23.7 Å². The third-order valence-electron chi connectivity index (χ3n) is 5.98. The number of carbonyl (C=O) groups is 2. The van der Waals surface area contributed by atoms with Crippen LogP contribution in [0.25, 0.3) is 0 Å². The van der Waals surface area contributed by atoms with Crippen LogP contribution >= 0.6 is 0 Å². The molecule has 0 unspecified atom stereocenters. The molecule has 0 heterocycles. The summed E-state index contributed by atoms with van der Waals surface area (Å²) in [6, 6.07) is 0. The summed E-state index contributed by atoms with van der Waals surface area (Å²) in [6.07, 6.45) is 13.0. The number of esters is 2. The molecular formula is C28H56O4. The van der Waals surface area contributed by atoms with Gasteiger partial charge in [-0.05, 0) is 50.4 Å². The highest BCUT2D eigenvalue weighted by molar-refractivity contribution is 5.72. The maximum Gasteiger partial charge on any atom is 0.308 e. The molecule has 0 saturated carbocycles. The molecule has 192 valence electrons. The van der Waals surface area contributed by atoms with E-state index < -0.39 is 0 Å². The van der Waals surface area contributed by atoms with E-state index in [1.54, 1.807) is 0 Å². The monoisotopic (exact) mass is 456 g/mol. The third-order valence-corrected chi connectivity index (χ3v) is 5.98. The Labute approximate surface area is 200 Å². The van der Waals surface area contributed by atoms with Gasteiger partial charge in [-0.3, -0.25) is 9.59 Å². The minimum atomic E-state index is -0.00569. The highest BCUT2D eigenvalue weighted by Gasteiger charge is 2.15. The molecule has 0 N–H and O–H groups in total. The van der Waals surface area contributed by atoms with Crippen LogP contribution in [0.4, 0.5) is 0 Å². The van der Waals surface area contributed by atoms with E-state index in [-0.39, 0.29) is 23.8 Å². The van der Waals surface area contributed by atoms with Crippen molar-refractivity contribution in [1.82, 2.24) is 0 Å². The van der Waals surface area contributed by atoms with E-state index >= 15 is 0 Å². The van der Waals surface area contributed by atoms with E-state index in [0.29, 0.717) is 13.2 Å². The summed E-state index contributed by atoms with van der Waals surface area (Å²) < 4.78 is 10.5. The first kappa shape index (κ1) is 33.1. The molecule has 0 bridgehead atoms. The zero-order chi connectivity index (χ0) is 24.8. The number of hydrogen-bond donors (Lipinski definition) is 0. The summed E-state index contributed by atoms with van der Waals surface area (Å²) >= 11 is 0. The van der Waals surface area contributed by atoms with E-state index in [9.17, 15) is 9.59 Å². The molecule has 0 aromatic rings. The molecule has 0 aliphatic rings. The second-order valence-electron chi connectivity index (χ2n) is 9.85. The van der Waals surface area contributed by atoms with Crippen LogP contribution in [0.2, 0.25) is 0 Å². The Morgan fingerprint density at radius 1 is 0.531 bits per heavy atom. The second-order valence-corrected chi connectivity index (χ2v) is 9.85. The van der Waals surface area contributed by atoms with E-state index in [1.807, 2.05) is 27.7 Å². The lowest BCUT2D eigenvalue weighted by molar-refractivity contribution is -0.149. The van der Waals surface area contributed by atoms with Gasteiger partial charge in [0.1, 0.15) is 0 Å². The maximum atomic E-state index is 11.5. The average molecular weight is 457 g/mol. The highest BCUT2D eigenvalue weighted by atomic mass is 16.5. The maximum absolute atomic E-state index is 11.5. The van der Waals surface area contributed by atoms with Crippen molar-refractivity contribution >= 4 is 11.9 Å². The molecule has 0 fully saturated rings. The Kier molecular flexibility index (Phi) is 23.9. The molecule has 0 rings (SSSR count). The number of rotatable bonds is 18. The van der Waals surface area contributed by atoms with Gasteiger partial charge in [0.2, 0.25) is 0 Å². The van der Waals surface area contributed by atoms with Crippen molar-refractivity contribution in [3.63, 3.8) is 0 Å². The van der Waals surface area contributed by atoms with E-state index in [1.165, 1.54) is 38.5 Å². The average Bonchev–Trinajstić information content (AvgIpc) is 2.75. The van der Waals surface area contributed by atoms with Crippen molar-refractivity contribution in [2.75, 3.05) is 13.2 Å². The first-order chi connectivity index (χ1) is 15.2. The minimum absolute atomic E-state index is 0.00569. The molecule has 0 atom stereocenters. The molecule has 4 heteroatoms. The van der Waals surface area contributed by atoms with Gasteiger partial charge in [0.25, 0.3) is 0 Å². The quantitative estimate of drug-likeness (QED) is 0.153. The Bertz CT molecular complexity index is 383. The SMILES string of the molecule is CCC(CC)C(=O)OCCCCCC(C)C.CCC(CC)C(=O)OCCCCCC(C)C. The summed E-state index contributed by atoms with van der Waals surface area (Å²) in [5, 5.41) is 0. The van der Waals surface area contributed by atoms with Crippen molar-refractivity contribution in [1.29, 1.82) is 0 Å². The lowest BCUT2D eigenvalue weighted by atomic mass is 10.0. The zero-order valence-electron chi connectivity index (χ0n) is 22.8. The van der Waals surface area contributed by atoms with Gasteiger partial charge in [-0.1, -0.05) is 93.9 Å². The van der Waals surface area contributed by atoms with Crippen molar-refractivity contribution in [2.24, 2.45) is 23.7 Å². The smallest absolute Gasteiger partial charge is 0.308 e. The van der Waals surface area contributed by atoms with Crippen LogP contribution in [0.5, 0.6) is 0 Å². The number of unbranched alkanes of at least 4 members (excludes halogenated alkanes) is 4. The summed E-state index contributed by atoms with van der Waals surface area (Å²) in [5.41, 5.74) is 0. The van der Waals surface area contributed by atoms with Crippen LogP contribution in [0.15, 0.2) is 0 Å². The summed E-state index contributed by atoms with van der Waals surface area (Å²) in [4.78, 5) is 23.0. The summed E-state index contributed by atoms with van der Waals surface area (Å²) in [7, 11) is 0. The summed E-state index contributed by atoms with van der Waals surface area (Å²) in [6.45, 7) is 18.3. The van der Waals surface area contributed by atoms with Crippen LogP contribution < -0.4 is 0 Å². The number of carbonyl (C=O) groups excluding carboxylic acids is 2. The van der Waals surface area contributed by atoms with Crippen LogP contribution in [0.3, 0.4) is 0 Å². The Hall–Kier alpha value is -1.06. The van der Waals surface area contributed by atoms with E-state index in [0.717, 1.165) is 50.4 Å². The molecule has 0 saturated heterocycles. The Morgan fingerprint density at radius 2 is 0.844 bits per heavy atom. The Balaban J connectivity index is 0. The molecule has 0 aliphatic carbocycles. The second kappa shape index (κ2) is 23.1. The zero-order valence-corrected chi connectivity index (χ0v) is 22.8. The molecular weight excluding hydrogens is 400 g/mol. The fourth-order valence-corrected chi connectivity index (χ4v) is 3.49. The van der Waals surface area contributed by atoms with Gasteiger partial charge in [0.05, 0.1) is 25.0 Å². The first-order valence-corrected chi connectivity index (χ1v) is 13.6. The predicted octanol–water partition coefficient (Wildman–Crippen LogP) is 8.36. The van der Waals surface area contributed by atoms with Crippen molar-refractivity contribution in [2.45, 2.75) is 132 Å². The molecule has 0 aromatic heterocycles. The van der Waals surface area contributed by atoms with Gasteiger partial charge in [0.15, 0.2) is 0 Å². The van der Waals surface area contributed by atoms with Crippen LogP contribution in [0.1, 0.15) is 132 Å². The number of hydrogen-bond acceptors (Lipinski definition) is 4. The van der Waals surface area contributed by atoms with Crippen molar-refractivity contribution in [3.8, 4) is 0 Å². The normalized spacial score (nSPS) is 11.1. The predicted molar refractivity (Wildman–Crippen MR) is 137 cm³/mol. The van der Waals surface area contributed by atoms with Gasteiger partial charge in [-0.2, -0.15) is 0 Å². The molecule has 0 spiro atoms. The lowest BCUT2D eigenvalue weighted by Crippen LogP contribution is -2.16. The molecule has 0 amide bonds. The van der Waals surface area contributed by atoms with Gasteiger partial charge in [0, 0.05) is 0 Å². The van der Waals surface area contributed by atoms with Gasteiger partial charge in [-0.25, -0.2) is 0 Å². The molecule has 0 radical (unpaired) electrons. The number of ether oxygens (including phenoxy) is 2. The van der Waals surface area contributed by atoms with Crippen LogP contribution in [-0.4, -0.2) is 25.2 Å². The molecule has 0 aliphatic heterocycles. The third kappa shape index (κ3) is 20.8. The van der Waals surface area contributed by atoms with Crippen molar-refractivity contribution < 1.29 is 19.1 Å². The standard InChI is InChI=1S/2C14H28O2/c2*1-5-13(6-2)14(15)16-11-9-7-8-10-12(3)4/h2*12-13H,5-11H2,1-4H3. The lowest BCUT2D eigenvalue weighted by Gasteiger charge is -2.11. The largest absolute Gasteiger partial charge is 0.465 e. The van der Waals surface area contributed by atoms with Gasteiger partial charge >= 0.3 is 11.9 Å². The van der Waals surface area contributed by atoms with Gasteiger partial charge < -0.3 is 9.47 Å². The minimum Gasteiger partial charge on any atom is -0.465 e. The Morgan fingerprint density at radius 3 is 1.09 bits per heavy atom. The van der Waals surface area contributed by atoms with Crippen molar-refractivity contribution in [3.05, 3.63) is 0 Å². The van der Waals surface area contributed by atoms with Crippen LogP contribution in [-0.2, 0) is 19.1 Å².